The first-order valence-corrected chi connectivity index (χ1v) is 7.78. The third-order valence-electron chi connectivity index (χ3n) is 4.04. The monoisotopic (exact) mass is 245 g/mol. The number of rotatable bonds is 5. The van der Waals surface area contributed by atoms with Gasteiger partial charge in [0, 0.05) is 41.5 Å². The lowest BCUT2D eigenvalue weighted by atomic mass is 9.91. The van der Waals surface area contributed by atoms with Crippen molar-refractivity contribution >= 4 is 10.8 Å². The first-order chi connectivity index (χ1) is 7.70. The lowest BCUT2D eigenvalue weighted by Crippen LogP contribution is -2.42. The van der Waals surface area contributed by atoms with E-state index in [1.165, 1.54) is 25.8 Å². The van der Waals surface area contributed by atoms with Crippen LogP contribution in [-0.4, -0.2) is 53.0 Å². The zero-order valence-electron chi connectivity index (χ0n) is 10.4. The van der Waals surface area contributed by atoms with Gasteiger partial charge in [0.25, 0.3) is 0 Å². The zero-order chi connectivity index (χ0) is 11.6. The maximum absolute atomic E-state index is 11.6. The van der Waals surface area contributed by atoms with Crippen LogP contribution in [0.2, 0.25) is 0 Å². The summed E-state index contributed by atoms with van der Waals surface area (Å²) in [6, 6.07) is 0. The van der Waals surface area contributed by atoms with Crippen LogP contribution in [0.4, 0.5) is 0 Å². The molecule has 0 aromatic carbocycles. The van der Waals surface area contributed by atoms with Crippen molar-refractivity contribution in [1.82, 2.24) is 4.90 Å². The molecule has 0 N–H and O–H groups in total. The zero-order valence-corrected chi connectivity index (χ0v) is 11.2. The molecule has 0 saturated carbocycles. The van der Waals surface area contributed by atoms with Gasteiger partial charge in [-0.3, -0.25) is 9.11 Å². The largest absolute Gasteiger partial charge is 0.383 e. The molecule has 16 heavy (non-hydrogen) atoms. The van der Waals surface area contributed by atoms with Crippen molar-refractivity contribution in [1.29, 1.82) is 0 Å². The molecule has 0 aliphatic carbocycles. The number of fused-ring (bicyclic) bond motifs is 1. The molecule has 2 heterocycles. The highest BCUT2D eigenvalue weighted by atomic mass is 32.2. The molecule has 0 aromatic rings. The second kappa shape index (κ2) is 5.15. The van der Waals surface area contributed by atoms with Gasteiger partial charge >= 0.3 is 0 Å². The number of hydrogen-bond acceptors (Lipinski definition) is 3. The van der Waals surface area contributed by atoms with Crippen LogP contribution in [0, 0.1) is 5.92 Å². The van der Waals surface area contributed by atoms with Crippen LogP contribution in [0.1, 0.15) is 26.2 Å². The van der Waals surface area contributed by atoms with Crippen LogP contribution >= 0.6 is 0 Å². The van der Waals surface area contributed by atoms with E-state index in [2.05, 4.69) is 4.90 Å². The molecule has 2 aliphatic heterocycles. The van der Waals surface area contributed by atoms with Crippen molar-refractivity contribution in [2.24, 2.45) is 5.92 Å². The van der Waals surface area contributed by atoms with Gasteiger partial charge in [-0.25, -0.2) is 0 Å². The number of hydrogen-bond donors (Lipinski definition) is 0. The maximum atomic E-state index is 11.6. The normalized spacial score (nSPS) is 36.5. The molecule has 0 amide bonds. The highest BCUT2D eigenvalue weighted by Gasteiger charge is 2.48. The number of methoxy groups -OCH3 is 1. The molecular weight excluding hydrogens is 222 g/mol. The van der Waals surface area contributed by atoms with Crippen LogP contribution in [0.5, 0.6) is 0 Å². The van der Waals surface area contributed by atoms with Gasteiger partial charge in [0.2, 0.25) is 0 Å². The Morgan fingerprint density at radius 2 is 2.38 bits per heavy atom. The van der Waals surface area contributed by atoms with Gasteiger partial charge in [-0.1, -0.05) is 6.92 Å². The summed E-state index contributed by atoms with van der Waals surface area (Å²) in [6.07, 6.45) is 3.75. The summed E-state index contributed by atoms with van der Waals surface area (Å²) < 4.78 is 17.0. The summed E-state index contributed by atoms with van der Waals surface area (Å²) in [6.45, 7) is 5.20. The van der Waals surface area contributed by atoms with E-state index in [-0.39, 0.29) is 5.54 Å². The predicted octanol–water partition coefficient (Wildman–Crippen LogP) is 1.26. The van der Waals surface area contributed by atoms with E-state index in [0.29, 0.717) is 5.92 Å². The Kier molecular flexibility index (Phi) is 4.03. The van der Waals surface area contributed by atoms with Crippen molar-refractivity contribution in [3.05, 3.63) is 0 Å². The molecule has 3 nitrogen and oxygen atoms in total. The molecule has 2 saturated heterocycles. The fourth-order valence-electron chi connectivity index (χ4n) is 3.41. The molecule has 4 heteroatoms. The lowest BCUT2D eigenvalue weighted by Gasteiger charge is -2.30. The molecule has 2 rings (SSSR count). The Morgan fingerprint density at radius 3 is 3.06 bits per heavy atom. The standard InChI is InChI=1S/C12H23NO2S/c1-3-16(14)9-11-7-12(10-15-2)5-4-6-13(12)8-11/h11H,3-10H2,1-2H3/t11-,12?,16?/m0/s1. The third-order valence-corrected chi connectivity index (χ3v) is 5.53. The fraction of sp³-hybridized carbons (Fsp3) is 1.00. The minimum absolute atomic E-state index is 0.289. The minimum atomic E-state index is -0.614. The summed E-state index contributed by atoms with van der Waals surface area (Å²) in [5, 5.41) is 0. The Hall–Kier alpha value is 0.0700. The summed E-state index contributed by atoms with van der Waals surface area (Å²) in [5.74, 6) is 2.31. The van der Waals surface area contributed by atoms with Crippen molar-refractivity contribution in [3.63, 3.8) is 0 Å². The van der Waals surface area contributed by atoms with E-state index in [4.69, 9.17) is 4.74 Å². The maximum Gasteiger partial charge on any atom is 0.0646 e. The summed E-state index contributed by atoms with van der Waals surface area (Å²) in [4.78, 5) is 2.58. The average Bonchev–Trinajstić information content (AvgIpc) is 2.74. The predicted molar refractivity (Wildman–Crippen MR) is 67.1 cm³/mol. The molecule has 0 bridgehead atoms. The molecule has 94 valence electrons. The van der Waals surface area contributed by atoms with Gasteiger partial charge in [-0.15, -0.1) is 0 Å². The molecular formula is C12H23NO2S. The summed E-state index contributed by atoms with van der Waals surface area (Å²) >= 11 is 0. The topological polar surface area (TPSA) is 29.5 Å². The molecule has 3 atom stereocenters. The van der Waals surface area contributed by atoms with E-state index >= 15 is 0 Å². The summed E-state index contributed by atoms with van der Waals surface area (Å²) in [5.41, 5.74) is 0.289. The fourth-order valence-corrected chi connectivity index (χ4v) is 4.39. The molecule has 0 aromatic heterocycles. The highest BCUT2D eigenvalue weighted by molar-refractivity contribution is 7.84. The Bertz CT molecular complexity index is 272. The lowest BCUT2D eigenvalue weighted by molar-refractivity contribution is 0.0654. The van der Waals surface area contributed by atoms with Crippen LogP contribution in [-0.2, 0) is 15.5 Å². The van der Waals surface area contributed by atoms with Gasteiger partial charge in [0.15, 0.2) is 0 Å². The Morgan fingerprint density at radius 1 is 1.56 bits per heavy atom. The molecule has 2 unspecified atom stereocenters. The molecule has 0 spiro atoms. The van der Waals surface area contributed by atoms with Crippen molar-refractivity contribution in [2.45, 2.75) is 31.7 Å². The third kappa shape index (κ3) is 2.34. The van der Waals surface area contributed by atoms with Crippen molar-refractivity contribution < 1.29 is 8.95 Å². The van der Waals surface area contributed by atoms with E-state index in [9.17, 15) is 4.21 Å². The first kappa shape index (κ1) is 12.5. The smallest absolute Gasteiger partial charge is 0.0646 e. The second-order valence-electron chi connectivity index (χ2n) is 5.17. The van der Waals surface area contributed by atoms with Crippen molar-refractivity contribution in [2.75, 3.05) is 38.3 Å². The van der Waals surface area contributed by atoms with Crippen LogP contribution in [0.25, 0.3) is 0 Å². The molecule has 2 fully saturated rings. The van der Waals surface area contributed by atoms with Gasteiger partial charge < -0.3 is 4.74 Å². The van der Waals surface area contributed by atoms with Gasteiger partial charge in [-0.2, -0.15) is 0 Å². The van der Waals surface area contributed by atoms with Crippen LogP contribution in [0.3, 0.4) is 0 Å². The van der Waals surface area contributed by atoms with Crippen LogP contribution < -0.4 is 0 Å². The van der Waals surface area contributed by atoms with Gasteiger partial charge in [-0.05, 0) is 31.7 Å². The highest BCUT2D eigenvalue weighted by Crippen LogP contribution is 2.41. The van der Waals surface area contributed by atoms with E-state index in [1.807, 2.05) is 6.92 Å². The minimum Gasteiger partial charge on any atom is -0.383 e. The van der Waals surface area contributed by atoms with E-state index < -0.39 is 10.8 Å². The molecule has 0 radical (unpaired) electrons. The van der Waals surface area contributed by atoms with E-state index in [1.54, 1.807) is 7.11 Å². The number of nitrogens with zero attached hydrogens (tertiary/aromatic N) is 1. The van der Waals surface area contributed by atoms with E-state index in [0.717, 1.165) is 24.7 Å². The van der Waals surface area contributed by atoms with Crippen LogP contribution in [0.15, 0.2) is 0 Å². The van der Waals surface area contributed by atoms with Gasteiger partial charge in [0.1, 0.15) is 0 Å². The summed E-state index contributed by atoms with van der Waals surface area (Å²) in [7, 11) is 1.18. The number of ether oxygens (including phenoxy) is 1. The van der Waals surface area contributed by atoms with Gasteiger partial charge in [0.05, 0.1) is 6.61 Å². The second-order valence-corrected chi connectivity index (χ2v) is 6.96. The Balaban J connectivity index is 1.96. The SMILES string of the molecule is CCS(=O)C[C@@H]1CN2CCCC2(COC)C1. The molecule has 2 aliphatic rings. The Labute approximate surface area is 101 Å². The average molecular weight is 245 g/mol. The quantitative estimate of drug-likeness (QED) is 0.730. The van der Waals surface area contributed by atoms with Crippen molar-refractivity contribution in [3.8, 4) is 0 Å². The first-order valence-electron chi connectivity index (χ1n) is 6.29.